The first kappa shape index (κ1) is 21.6. The van der Waals surface area contributed by atoms with Crippen molar-refractivity contribution in [2.24, 2.45) is 0 Å². The van der Waals surface area contributed by atoms with E-state index in [0.29, 0.717) is 29.7 Å². The molecule has 3 aromatic rings. The Morgan fingerprint density at radius 2 is 1.83 bits per heavy atom. The first-order valence-electron chi connectivity index (χ1n) is 9.24. The molecule has 0 heterocycles. The van der Waals surface area contributed by atoms with Gasteiger partial charge in [0.15, 0.2) is 11.5 Å². The van der Waals surface area contributed by atoms with Crippen molar-refractivity contribution in [3.63, 3.8) is 0 Å². The largest absolute Gasteiger partial charge is 0.493 e. The number of halogens is 3. The van der Waals surface area contributed by atoms with Crippen LogP contribution in [-0.2, 0) is 19.6 Å². The predicted molar refractivity (Wildman–Crippen MR) is 118 cm³/mol. The van der Waals surface area contributed by atoms with Crippen molar-refractivity contribution >= 4 is 27.5 Å². The fourth-order valence-electron chi connectivity index (χ4n) is 2.95. The summed E-state index contributed by atoms with van der Waals surface area (Å²) in [5, 5.41) is 4.10. The predicted octanol–water partition coefficient (Wildman–Crippen LogP) is 6.16. The number of methoxy groups -OCH3 is 1. The lowest BCUT2D eigenvalue weighted by atomic mass is 10.1. The molecule has 152 valence electrons. The second kappa shape index (κ2) is 10.6. The van der Waals surface area contributed by atoms with E-state index >= 15 is 0 Å². The fraction of sp³-hybridized carbons (Fsp3) is 0.217. The topological polar surface area (TPSA) is 30.5 Å². The molecule has 3 nitrogen and oxygen atoms in total. The number of hydrogen-bond acceptors (Lipinski definition) is 3. The van der Waals surface area contributed by atoms with Crippen LogP contribution in [0.5, 0.6) is 11.5 Å². The Morgan fingerprint density at radius 3 is 2.55 bits per heavy atom. The third-order valence-corrected chi connectivity index (χ3v) is 5.44. The maximum absolute atomic E-state index is 13.0. The molecule has 29 heavy (non-hydrogen) atoms. The van der Waals surface area contributed by atoms with Crippen molar-refractivity contribution in [2.75, 3.05) is 13.7 Å². The molecule has 0 aliphatic rings. The SMILES string of the molecule is COc1ccc(Br)c(CNCCc2ccc(F)cc2)c1OCc1cccc(Cl)c1. The van der Waals surface area contributed by atoms with Crippen LogP contribution in [0.4, 0.5) is 4.39 Å². The zero-order chi connectivity index (χ0) is 20.6. The van der Waals surface area contributed by atoms with Crippen molar-refractivity contribution in [2.45, 2.75) is 19.6 Å². The van der Waals surface area contributed by atoms with Gasteiger partial charge in [-0.15, -0.1) is 0 Å². The lowest BCUT2D eigenvalue weighted by molar-refractivity contribution is 0.280. The van der Waals surface area contributed by atoms with Gasteiger partial charge in [0.05, 0.1) is 7.11 Å². The molecular weight excluding hydrogens is 457 g/mol. The van der Waals surface area contributed by atoms with Gasteiger partial charge in [0, 0.05) is 21.6 Å². The molecule has 3 aromatic carbocycles. The Kier molecular flexibility index (Phi) is 7.92. The quantitative estimate of drug-likeness (QED) is 0.374. The van der Waals surface area contributed by atoms with E-state index in [4.69, 9.17) is 21.1 Å². The first-order valence-corrected chi connectivity index (χ1v) is 10.4. The van der Waals surface area contributed by atoms with Crippen LogP contribution in [0.15, 0.2) is 65.1 Å². The van der Waals surface area contributed by atoms with Crippen LogP contribution in [0.3, 0.4) is 0 Å². The minimum absolute atomic E-state index is 0.219. The maximum Gasteiger partial charge on any atom is 0.167 e. The van der Waals surface area contributed by atoms with Crippen molar-refractivity contribution in [1.29, 1.82) is 0 Å². The van der Waals surface area contributed by atoms with Gasteiger partial charge in [-0.05, 0) is 60.5 Å². The molecule has 0 unspecified atom stereocenters. The Labute approximate surface area is 183 Å². The summed E-state index contributed by atoms with van der Waals surface area (Å²) in [4.78, 5) is 0. The third-order valence-electron chi connectivity index (χ3n) is 4.46. The zero-order valence-electron chi connectivity index (χ0n) is 16.1. The standard InChI is InChI=1S/C23H22BrClFNO2/c1-28-22-10-9-21(24)20(14-27-12-11-16-5-7-19(26)8-6-16)23(22)29-15-17-3-2-4-18(25)13-17/h2-10,13,27H,11-12,14-15H2,1H3. The van der Waals surface area contributed by atoms with E-state index in [1.165, 1.54) is 12.1 Å². The molecular formula is C23H22BrClFNO2. The van der Waals surface area contributed by atoms with Crippen LogP contribution in [0.2, 0.25) is 5.02 Å². The fourth-order valence-corrected chi connectivity index (χ4v) is 3.61. The number of ether oxygens (including phenoxy) is 2. The normalized spacial score (nSPS) is 10.8. The minimum atomic E-state index is -0.219. The molecule has 0 bridgehead atoms. The van der Waals surface area contributed by atoms with E-state index in [0.717, 1.165) is 34.1 Å². The lowest BCUT2D eigenvalue weighted by Gasteiger charge is -2.17. The van der Waals surface area contributed by atoms with Gasteiger partial charge in [-0.3, -0.25) is 0 Å². The van der Waals surface area contributed by atoms with Crippen LogP contribution in [0, 0.1) is 5.82 Å². The van der Waals surface area contributed by atoms with Crippen LogP contribution < -0.4 is 14.8 Å². The molecule has 0 saturated heterocycles. The lowest BCUT2D eigenvalue weighted by Crippen LogP contribution is -2.18. The van der Waals surface area contributed by atoms with E-state index in [1.807, 2.05) is 36.4 Å². The van der Waals surface area contributed by atoms with E-state index in [-0.39, 0.29) is 5.82 Å². The highest BCUT2D eigenvalue weighted by Gasteiger charge is 2.15. The molecule has 0 atom stereocenters. The summed E-state index contributed by atoms with van der Waals surface area (Å²) >= 11 is 9.68. The monoisotopic (exact) mass is 477 g/mol. The van der Waals surface area contributed by atoms with Gasteiger partial charge in [0.2, 0.25) is 0 Å². The van der Waals surface area contributed by atoms with Crippen molar-refractivity contribution in [3.8, 4) is 11.5 Å². The highest BCUT2D eigenvalue weighted by molar-refractivity contribution is 9.10. The van der Waals surface area contributed by atoms with Crippen LogP contribution >= 0.6 is 27.5 Å². The van der Waals surface area contributed by atoms with Crippen LogP contribution in [-0.4, -0.2) is 13.7 Å². The van der Waals surface area contributed by atoms with Gasteiger partial charge in [-0.2, -0.15) is 0 Å². The molecule has 0 aliphatic heterocycles. The second-order valence-electron chi connectivity index (χ2n) is 6.53. The van der Waals surface area contributed by atoms with Gasteiger partial charge in [-0.1, -0.05) is 51.8 Å². The summed E-state index contributed by atoms with van der Waals surface area (Å²) in [6.07, 6.45) is 0.806. The van der Waals surface area contributed by atoms with Crippen molar-refractivity contribution in [3.05, 3.63) is 92.7 Å². The Morgan fingerprint density at radius 1 is 1.03 bits per heavy atom. The highest BCUT2D eigenvalue weighted by Crippen LogP contribution is 2.36. The number of rotatable bonds is 9. The van der Waals surface area contributed by atoms with E-state index in [9.17, 15) is 4.39 Å². The Bertz CT molecular complexity index is 950. The number of benzene rings is 3. The summed E-state index contributed by atoms with van der Waals surface area (Å²) in [5.41, 5.74) is 3.04. The third kappa shape index (κ3) is 6.20. The molecule has 0 aromatic heterocycles. The molecule has 0 fully saturated rings. The van der Waals surface area contributed by atoms with Crippen LogP contribution in [0.25, 0.3) is 0 Å². The summed E-state index contributed by atoms with van der Waals surface area (Å²) in [6, 6.07) is 18.0. The molecule has 0 amide bonds. The molecule has 6 heteroatoms. The summed E-state index contributed by atoms with van der Waals surface area (Å²) in [7, 11) is 1.63. The Hall–Kier alpha value is -2.08. The molecule has 1 N–H and O–H groups in total. The van der Waals surface area contributed by atoms with Gasteiger partial charge in [-0.25, -0.2) is 4.39 Å². The van der Waals surface area contributed by atoms with Gasteiger partial charge >= 0.3 is 0 Å². The first-order chi connectivity index (χ1) is 14.1. The van der Waals surface area contributed by atoms with Gasteiger partial charge in [0.1, 0.15) is 12.4 Å². The maximum atomic E-state index is 13.0. The van der Waals surface area contributed by atoms with Gasteiger partial charge < -0.3 is 14.8 Å². The summed E-state index contributed by atoms with van der Waals surface area (Å²) < 4.78 is 25.6. The molecule has 0 saturated carbocycles. The van der Waals surface area contributed by atoms with Gasteiger partial charge in [0.25, 0.3) is 0 Å². The van der Waals surface area contributed by atoms with E-state index in [2.05, 4.69) is 21.2 Å². The average molecular weight is 479 g/mol. The Balaban J connectivity index is 1.67. The summed E-state index contributed by atoms with van der Waals surface area (Å²) in [5.74, 6) is 1.14. The van der Waals surface area contributed by atoms with E-state index in [1.54, 1.807) is 19.2 Å². The smallest absolute Gasteiger partial charge is 0.167 e. The average Bonchev–Trinajstić information content (AvgIpc) is 2.72. The number of hydrogen-bond donors (Lipinski definition) is 1. The molecule has 0 spiro atoms. The molecule has 0 radical (unpaired) electrons. The highest BCUT2D eigenvalue weighted by atomic mass is 79.9. The molecule has 3 rings (SSSR count). The van der Waals surface area contributed by atoms with E-state index < -0.39 is 0 Å². The van der Waals surface area contributed by atoms with Crippen molar-refractivity contribution in [1.82, 2.24) is 5.32 Å². The van der Waals surface area contributed by atoms with Crippen molar-refractivity contribution < 1.29 is 13.9 Å². The number of nitrogens with one attached hydrogen (secondary N) is 1. The minimum Gasteiger partial charge on any atom is -0.493 e. The molecule has 0 aliphatic carbocycles. The summed E-state index contributed by atoms with van der Waals surface area (Å²) in [6.45, 7) is 1.74. The van der Waals surface area contributed by atoms with Crippen LogP contribution in [0.1, 0.15) is 16.7 Å². The zero-order valence-corrected chi connectivity index (χ0v) is 18.4. The second-order valence-corrected chi connectivity index (χ2v) is 7.82.